The summed E-state index contributed by atoms with van der Waals surface area (Å²) in [6, 6.07) is 0. The van der Waals surface area contributed by atoms with Crippen LogP contribution in [0.15, 0.2) is 0 Å². The third kappa shape index (κ3) is 36.4. The molecule has 0 saturated heterocycles. The SMILES string of the molecule is CCCCCCCCCCCCCCCCCCCCC(=O)OC(COC(=O)CCCCCCCCCC)COC(OCC[N+](C)(C)C)C(=O)[O-]. The molecule has 0 aromatic heterocycles. The largest absolute Gasteiger partial charge is 0.545 e. The Morgan fingerprint density at radius 2 is 0.882 bits per heavy atom. The second-order valence-corrected chi connectivity index (χ2v) is 15.6. The lowest BCUT2D eigenvalue weighted by atomic mass is 10.0. The van der Waals surface area contributed by atoms with Crippen molar-refractivity contribution >= 4 is 17.9 Å². The third-order valence-corrected chi connectivity index (χ3v) is 9.35. The minimum absolute atomic E-state index is 0.152. The smallest absolute Gasteiger partial charge is 0.306 e. The van der Waals surface area contributed by atoms with Crippen molar-refractivity contribution in [3.63, 3.8) is 0 Å². The van der Waals surface area contributed by atoms with Gasteiger partial charge in [-0.05, 0) is 12.8 Å². The number of likely N-dealkylation sites (N-methyl/N-ethyl adjacent to an activating group) is 1. The summed E-state index contributed by atoms with van der Waals surface area (Å²) in [7, 11) is 5.91. The molecule has 0 N–H and O–H groups in total. The average Bonchev–Trinajstić information content (AvgIpc) is 3.08. The van der Waals surface area contributed by atoms with E-state index in [4.69, 9.17) is 18.9 Å². The van der Waals surface area contributed by atoms with Gasteiger partial charge in [-0.3, -0.25) is 9.59 Å². The van der Waals surface area contributed by atoms with Crippen molar-refractivity contribution in [2.24, 2.45) is 0 Å². The first kappa shape index (κ1) is 49.3. The molecule has 0 bridgehead atoms. The maximum absolute atomic E-state index is 12.7. The van der Waals surface area contributed by atoms with Crippen LogP contribution >= 0.6 is 0 Å². The van der Waals surface area contributed by atoms with Crippen molar-refractivity contribution in [1.29, 1.82) is 0 Å². The summed E-state index contributed by atoms with van der Waals surface area (Å²) < 4.78 is 22.5. The molecule has 302 valence electrons. The number of hydrogen-bond acceptors (Lipinski definition) is 8. The van der Waals surface area contributed by atoms with E-state index in [0.29, 0.717) is 17.4 Å². The molecule has 9 nitrogen and oxygen atoms in total. The summed E-state index contributed by atoms with van der Waals surface area (Å²) in [6.45, 7) is 4.72. The molecule has 2 unspecified atom stereocenters. The van der Waals surface area contributed by atoms with Crippen LogP contribution < -0.4 is 5.11 Å². The van der Waals surface area contributed by atoms with Gasteiger partial charge in [0.05, 0.1) is 40.3 Å². The molecule has 0 aliphatic carbocycles. The first-order chi connectivity index (χ1) is 24.6. The molecular formula is C42H81NO8. The van der Waals surface area contributed by atoms with Gasteiger partial charge in [-0.25, -0.2) is 0 Å². The Kier molecular flexibility index (Phi) is 34.1. The van der Waals surface area contributed by atoms with Crippen LogP contribution in [0.25, 0.3) is 0 Å². The van der Waals surface area contributed by atoms with Crippen LogP contribution in [0.5, 0.6) is 0 Å². The Morgan fingerprint density at radius 3 is 1.25 bits per heavy atom. The minimum Gasteiger partial charge on any atom is -0.545 e. The summed E-state index contributed by atoms with van der Waals surface area (Å²) in [5.74, 6) is -2.27. The zero-order valence-corrected chi connectivity index (χ0v) is 34.0. The number of aliphatic carboxylic acids is 1. The number of carboxylic acid groups (broad SMARTS) is 1. The highest BCUT2D eigenvalue weighted by molar-refractivity contribution is 5.70. The maximum atomic E-state index is 12.7. The Balaban J connectivity index is 4.35. The minimum atomic E-state index is -1.61. The number of hydrogen-bond donors (Lipinski definition) is 0. The molecule has 0 aromatic rings. The number of unbranched alkanes of at least 4 members (excludes halogenated alkanes) is 24. The van der Waals surface area contributed by atoms with Crippen molar-refractivity contribution in [3.05, 3.63) is 0 Å². The zero-order valence-electron chi connectivity index (χ0n) is 34.0. The summed E-state index contributed by atoms with van der Waals surface area (Å²) in [5, 5.41) is 11.6. The molecule has 0 fully saturated rings. The predicted octanol–water partition coefficient (Wildman–Crippen LogP) is 9.22. The summed E-state index contributed by atoms with van der Waals surface area (Å²) in [4.78, 5) is 36.7. The number of nitrogens with zero attached hydrogens (tertiary/aromatic N) is 1. The van der Waals surface area contributed by atoms with Gasteiger partial charge in [-0.1, -0.05) is 168 Å². The van der Waals surface area contributed by atoms with Crippen molar-refractivity contribution in [2.75, 3.05) is 47.5 Å². The molecule has 9 heteroatoms. The Morgan fingerprint density at radius 1 is 0.510 bits per heavy atom. The first-order valence-electron chi connectivity index (χ1n) is 21.2. The van der Waals surface area contributed by atoms with Gasteiger partial charge in [-0.2, -0.15) is 0 Å². The molecule has 0 heterocycles. The molecule has 0 aliphatic heterocycles. The lowest BCUT2D eigenvalue weighted by molar-refractivity contribution is -0.870. The van der Waals surface area contributed by atoms with Crippen LogP contribution in [0.3, 0.4) is 0 Å². The van der Waals surface area contributed by atoms with Gasteiger partial charge in [-0.15, -0.1) is 0 Å². The molecule has 2 atom stereocenters. The molecule has 51 heavy (non-hydrogen) atoms. The van der Waals surface area contributed by atoms with Crippen LogP contribution in [-0.4, -0.2) is 82.3 Å². The number of rotatable bonds is 39. The number of carbonyl (C=O) groups excluding carboxylic acids is 3. The first-order valence-corrected chi connectivity index (χ1v) is 21.2. The number of esters is 2. The van der Waals surface area contributed by atoms with Crippen molar-refractivity contribution in [2.45, 2.75) is 206 Å². The second-order valence-electron chi connectivity index (χ2n) is 15.6. The van der Waals surface area contributed by atoms with Crippen molar-refractivity contribution in [3.8, 4) is 0 Å². The topological polar surface area (TPSA) is 111 Å². The molecule has 0 aliphatic rings. The van der Waals surface area contributed by atoms with Crippen LogP contribution in [0.2, 0.25) is 0 Å². The number of quaternary nitrogens is 1. The molecule has 0 spiro atoms. The van der Waals surface area contributed by atoms with Gasteiger partial charge < -0.3 is 33.3 Å². The van der Waals surface area contributed by atoms with Crippen LogP contribution in [0.1, 0.15) is 194 Å². The van der Waals surface area contributed by atoms with E-state index >= 15 is 0 Å². The van der Waals surface area contributed by atoms with Crippen LogP contribution in [0.4, 0.5) is 0 Å². The van der Waals surface area contributed by atoms with Gasteiger partial charge in [0.25, 0.3) is 0 Å². The normalized spacial score (nSPS) is 12.9. The predicted molar refractivity (Wildman–Crippen MR) is 205 cm³/mol. The standard InChI is InChI=1S/C42H81NO8/c1-6-8-10-12-14-16-17-18-19-20-21-22-23-24-25-27-29-31-33-40(45)51-38(37-50-42(41(46)47)48-35-34-43(3,4)5)36-49-39(44)32-30-28-26-15-13-11-9-7-2/h38,42H,6-37H2,1-5H3. The van der Waals surface area contributed by atoms with E-state index in [1.165, 1.54) is 128 Å². The van der Waals surface area contributed by atoms with Crippen LogP contribution in [-0.2, 0) is 33.3 Å². The fourth-order valence-corrected chi connectivity index (χ4v) is 6.01. The maximum Gasteiger partial charge on any atom is 0.306 e. The van der Waals surface area contributed by atoms with E-state index < -0.39 is 24.3 Å². The molecule has 0 amide bonds. The number of carboxylic acids is 1. The average molecular weight is 728 g/mol. The van der Waals surface area contributed by atoms with Gasteiger partial charge in [0.2, 0.25) is 0 Å². The van der Waals surface area contributed by atoms with E-state index in [1.54, 1.807) is 0 Å². The van der Waals surface area contributed by atoms with Gasteiger partial charge in [0, 0.05) is 12.8 Å². The monoisotopic (exact) mass is 728 g/mol. The van der Waals surface area contributed by atoms with Gasteiger partial charge in [0.1, 0.15) is 13.2 Å². The quantitative estimate of drug-likeness (QED) is 0.0267. The Labute approximate surface area is 313 Å². The Hall–Kier alpha value is -1.71. The number of carbonyl (C=O) groups is 3. The molecule has 0 saturated carbocycles. The van der Waals surface area contributed by atoms with E-state index in [9.17, 15) is 19.5 Å². The molecule has 0 radical (unpaired) electrons. The van der Waals surface area contributed by atoms with Crippen molar-refractivity contribution < 1.29 is 42.9 Å². The molecule has 0 aromatic carbocycles. The highest BCUT2D eigenvalue weighted by atomic mass is 16.7. The summed E-state index contributed by atoms with van der Waals surface area (Å²) in [5.41, 5.74) is 0. The van der Waals surface area contributed by atoms with E-state index in [0.717, 1.165) is 38.5 Å². The summed E-state index contributed by atoms with van der Waals surface area (Å²) >= 11 is 0. The molecular weight excluding hydrogens is 646 g/mol. The highest BCUT2D eigenvalue weighted by Crippen LogP contribution is 2.15. The van der Waals surface area contributed by atoms with E-state index in [2.05, 4.69) is 13.8 Å². The van der Waals surface area contributed by atoms with E-state index in [1.807, 2.05) is 21.1 Å². The van der Waals surface area contributed by atoms with Crippen LogP contribution in [0, 0.1) is 0 Å². The lowest BCUT2D eigenvalue weighted by Gasteiger charge is -2.26. The van der Waals surface area contributed by atoms with Gasteiger partial charge in [0.15, 0.2) is 12.4 Å². The second kappa shape index (κ2) is 35.3. The zero-order chi connectivity index (χ0) is 37.8. The third-order valence-electron chi connectivity index (χ3n) is 9.35. The Bertz CT molecular complexity index is 815. The fraction of sp³-hybridized carbons (Fsp3) is 0.929. The summed E-state index contributed by atoms with van der Waals surface area (Å²) in [6.07, 6.45) is 30.0. The van der Waals surface area contributed by atoms with Crippen molar-refractivity contribution in [1.82, 2.24) is 0 Å². The lowest BCUT2D eigenvalue weighted by Crippen LogP contribution is -2.44. The van der Waals surface area contributed by atoms with Gasteiger partial charge >= 0.3 is 11.9 Å². The highest BCUT2D eigenvalue weighted by Gasteiger charge is 2.21. The number of ether oxygens (including phenoxy) is 4. The van der Waals surface area contributed by atoms with E-state index in [-0.39, 0.29) is 32.2 Å². The fourth-order valence-electron chi connectivity index (χ4n) is 6.01. The molecule has 0 rings (SSSR count).